The molecule has 20 heavy (non-hydrogen) atoms. The second-order valence-electron chi connectivity index (χ2n) is 5.84. The Morgan fingerprint density at radius 2 is 2.25 bits per heavy atom. The molecule has 2 atom stereocenters. The summed E-state index contributed by atoms with van der Waals surface area (Å²) >= 11 is 0. The first-order valence-corrected chi connectivity index (χ1v) is 8.12. The van der Waals surface area contributed by atoms with E-state index in [0.717, 1.165) is 30.3 Å². The predicted molar refractivity (Wildman–Crippen MR) is 83.8 cm³/mol. The summed E-state index contributed by atoms with van der Waals surface area (Å²) in [4.78, 5) is 4.41. The normalized spacial score (nSPS) is 22.7. The van der Waals surface area contributed by atoms with E-state index in [9.17, 15) is 0 Å². The molecule has 0 spiro atoms. The van der Waals surface area contributed by atoms with Gasteiger partial charge in [-0.25, -0.2) is 0 Å². The molecule has 1 fully saturated rings. The second-order valence-corrected chi connectivity index (χ2v) is 5.84. The summed E-state index contributed by atoms with van der Waals surface area (Å²) in [7, 11) is 0. The summed E-state index contributed by atoms with van der Waals surface area (Å²) < 4.78 is 6.07. The maximum Gasteiger partial charge on any atom is 0.0892 e. The van der Waals surface area contributed by atoms with Crippen molar-refractivity contribution in [1.82, 2.24) is 4.98 Å². The van der Waals surface area contributed by atoms with Crippen LogP contribution in [0.1, 0.15) is 58.1 Å². The van der Waals surface area contributed by atoms with Crippen LogP contribution in [0.5, 0.6) is 0 Å². The standard InChI is InChI=1S/C17H28N2O/c1-3-9-18-15-8-10-19-16(12-15)13-20-17-7-5-6-14(4-2)11-17/h8,10,12,14,17H,3-7,9,11,13H2,1-2H3,(H,18,19). The van der Waals surface area contributed by atoms with Gasteiger partial charge >= 0.3 is 0 Å². The summed E-state index contributed by atoms with van der Waals surface area (Å²) in [6.07, 6.45) is 9.85. The average molecular weight is 276 g/mol. The Balaban J connectivity index is 1.81. The molecule has 1 aromatic rings. The zero-order valence-corrected chi connectivity index (χ0v) is 12.9. The van der Waals surface area contributed by atoms with E-state index < -0.39 is 0 Å². The summed E-state index contributed by atoms with van der Waals surface area (Å²) in [5.41, 5.74) is 2.18. The molecule has 1 aromatic heterocycles. The number of ether oxygens (including phenoxy) is 1. The Hall–Kier alpha value is -1.09. The van der Waals surface area contributed by atoms with Crippen molar-refractivity contribution < 1.29 is 4.74 Å². The van der Waals surface area contributed by atoms with Gasteiger partial charge in [0.1, 0.15) is 0 Å². The third-order valence-corrected chi connectivity index (χ3v) is 4.17. The van der Waals surface area contributed by atoms with E-state index in [4.69, 9.17) is 4.74 Å². The number of anilines is 1. The third kappa shape index (κ3) is 4.78. The van der Waals surface area contributed by atoms with Gasteiger partial charge in [0.2, 0.25) is 0 Å². The van der Waals surface area contributed by atoms with Gasteiger partial charge in [-0.05, 0) is 37.3 Å². The van der Waals surface area contributed by atoms with Crippen LogP contribution < -0.4 is 5.32 Å². The van der Waals surface area contributed by atoms with Gasteiger partial charge in [-0.3, -0.25) is 4.98 Å². The van der Waals surface area contributed by atoms with Crippen LogP contribution >= 0.6 is 0 Å². The molecule has 0 bridgehead atoms. The van der Waals surface area contributed by atoms with E-state index in [1.807, 2.05) is 12.3 Å². The molecule has 0 amide bonds. The Bertz CT molecular complexity index is 394. The summed E-state index contributed by atoms with van der Waals surface area (Å²) in [6, 6.07) is 4.13. The third-order valence-electron chi connectivity index (χ3n) is 4.17. The maximum atomic E-state index is 6.07. The van der Waals surface area contributed by atoms with Crippen molar-refractivity contribution in [1.29, 1.82) is 0 Å². The predicted octanol–water partition coefficient (Wildman–Crippen LogP) is 4.39. The van der Waals surface area contributed by atoms with Gasteiger partial charge in [-0.15, -0.1) is 0 Å². The quantitative estimate of drug-likeness (QED) is 0.802. The molecule has 3 heteroatoms. The molecule has 112 valence electrons. The number of hydrogen-bond donors (Lipinski definition) is 1. The van der Waals surface area contributed by atoms with E-state index in [1.165, 1.54) is 32.1 Å². The van der Waals surface area contributed by atoms with Crippen LogP contribution in [0, 0.1) is 5.92 Å². The van der Waals surface area contributed by atoms with Gasteiger partial charge in [0.05, 0.1) is 18.4 Å². The lowest BCUT2D eigenvalue weighted by atomic mass is 9.85. The Kier molecular flexibility index (Phi) is 6.31. The maximum absolute atomic E-state index is 6.07. The highest BCUT2D eigenvalue weighted by Crippen LogP contribution is 2.28. The van der Waals surface area contributed by atoms with Gasteiger partial charge < -0.3 is 10.1 Å². The molecule has 0 aliphatic heterocycles. The van der Waals surface area contributed by atoms with E-state index in [1.54, 1.807) is 0 Å². The summed E-state index contributed by atoms with van der Waals surface area (Å²) in [6.45, 7) is 6.11. The number of aromatic nitrogens is 1. The summed E-state index contributed by atoms with van der Waals surface area (Å²) in [5.74, 6) is 0.860. The molecule has 1 aliphatic carbocycles. The molecule has 0 saturated heterocycles. The number of hydrogen-bond acceptors (Lipinski definition) is 3. The lowest BCUT2D eigenvalue weighted by molar-refractivity contribution is 0.000369. The van der Waals surface area contributed by atoms with E-state index in [0.29, 0.717) is 12.7 Å². The molecule has 1 saturated carbocycles. The molecule has 0 aromatic carbocycles. The first-order chi connectivity index (χ1) is 9.81. The van der Waals surface area contributed by atoms with Crippen molar-refractivity contribution in [3.63, 3.8) is 0 Å². The van der Waals surface area contributed by atoms with Crippen LogP contribution in [-0.2, 0) is 11.3 Å². The fourth-order valence-corrected chi connectivity index (χ4v) is 2.90. The lowest BCUT2D eigenvalue weighted by Gasteiger charge is -2.28. The average Bonchev–Trinajstić information content (AvgIpc) is 2.51. The van der Waals surface area contributed by atoms with Gasteiger partial charge in [0.15, 0.2) is 0 Å². The smallest absolute Gasteiger partial charge is 0.0892 e. The lowest BCUT2D eigenvalue weighted by Crippen LogP contribution is -2.22. The highest BCUT2D eigenvalue weighted by atomic mass is 16.5. The summed E-state index contributed by atoms with van der Waals surface area (Å²) in [5, 5.41) is 3.39. The van der Waals surface area contributed by atoms with Crippen LogP contribution in [-0.4, -0.2) is 17.6 Å². The largest absolute Gasteiger partial charge is 0.385 e. The van der Waals surface area contributed by atoms with Gasteiger partial charge in [0.25, 0.3) is 0 Å². The highest BCUT2D eigenvalue weighted by molar-refractivity contribution is 5.42. The highest BCUT2D eigenvalue weighted by Gasteiger charge is 2.21. The monoisotopic (exact) mass is 276 g/mol. The molecule has 0 radical (unpaired) electrons. The number of pyridine rings is 1. The van der Waals surface area contributed by atoms with Gasteiger partial charge in [0, 0.05) is 18.4 Å². The number of rotatable bonds is 7. The van der Waals surface area contributed by atoms with E-state index in [2.05, 4.69) is 30.2 Å². The van der Waals surface area contributed by atoms with E-state index >= 15 is 0 Å². The van der Waals surface area contributed by atoms with Crippen LogP contribution in [0.4, 0.5) is 5.69 Å². The van der Waals surface area contributed by atoms with E-state index in [-0.39, 0.29) is 0 Å². The fraction of sp³-hybridized carbons (Fsp3) is 0.706. The Morgan fingerprint density at radius 3 is 3.05 bits per heavy atom. The van der Waals surface area contributed by atoms with Crippen molar-refractivity contribution in [3.8, 4) is 0 Å². The van der Waals surface area contributed by atoms with Crippen LogP contribution in [0.25, 0.3) is 0 Å². The van der Waals surface area contributed by atoms with Crippen molar-refractivity contribution in [3.05, 3.63) is 24.0 Å². The molecular formula is C17H28N2O. The van der Waals surface area contributed by atoms with Crippen LogP contribution in [0.3, 0.4) is 0 Å². The minimum absolute atomic E-state index is 0.433. The van der Waals surface area contributed by atoms with Gasteiger partial charge in [-0.2, -0.15) is 0 Å². The van der Waals surface area contributed by atoms with Crippen molar-refractivity contribution in [2.75, 3.05) is 11.9 Å². The second kappa shape index (κ2) is 8.25. The van der Waals surface area contributed by atoms with Crippen molar-refractivity contribution in [2.24, 2.45) is 5.92 Å². The van der Waals surface area contributed by atoms with Crippen molar-refractivity contribution in [2.45, 2.75) is 65.1 Å². The van der Waals surface area contributed by atoms with Crippen molar-refractivity contribution >= 4 is 5.69 Å². The molecular weight excluding hydrogens is 248 g/mol. The minimum atomic E-state index is 0.433. The molecule has 2 unspecified atom stereocenters. The van der Waals surface area contributed by atoms with Crippen LogP contribution in [0.15, 0.2) is 18.3 Å². The SMILES string of the molecule is CCCNc1ccnc(COC2CCCC(CC)C2)c1. The molecule has 1 aliphatic rings. The molecule has 2 rings (SSSR count). The first kappa shape index (κ1) is 15.3. The Morgan fingerprint density at radius 1 is 1.35 bits per heavy atom. The number of nitrogens with one attached hydrogen (secondary N) is 1. The zero-order chi connectivity index (χ0) is 14.2. The molecule has 1 heterocycles. The zero-order valence-electron chi connectivity index (χ0n) is 12.9. The van der Waals surface area contributed by atoms with Gasteiger partial charge in [-0.1, -0.05) is 33.1 Å². The minimum Gasteiger partial charge on any atom is -0.385 e. The molecule has 1 N–H and O–H groups in total. The van der Waals surface area contributed by atoms with Crippen LogP contribution in [0.2, 0.25) is 0 Å². The first-order valence-electron chi connectivity index (χ1n) is 8.12. The molecule has 3 nitrogen and oxygen atoms in total. The Labute approximate surface area is 123 Å². The number of nitrogens with zero attached hydrogens (tertiary/aromatic N) is 1. The fourth-order valence-electron chi connectivity index (χ4n) is 2.90. The topological polar surface area (TPSA) is 34.2 Å².